The number of esters is 3. The van der Waals surface area contributed by atoms with E-state index in [0.29, 0.717) is 6.42 Å². The van der Waals surface area contributed by atoms with E-state index in [2.05, 4.69) is 20.8 Å². The third-order valence-electron chi connectivity index (χ3n) is 7.51. The van der Waals surface area contributed by atoms with Crippen molar-refractivity contribution in [3.8, 4) is 0 Å². The maximum absolute atomic E-state index is 12.8. The van der Waals surface area contributed by atoms with Gasteiger partial charge in [0.2, 0.25) is 0 Å². The fourth-order valence-corrected chi connectivity index (χ4v) is 4.81. The molecular formula is C34H65NaO7. The Morgan fingerprint density at radius 3 is 1.05 bits per heavy atom. The molecule has 0 fully saturated rings. The second-order valence-electron chi connectivity index (χ2n) is 11.7. The molecule has 0 rings (SSSR count). The number of carbonyl (C=O) groups is 3. The van der Waals surface area contributed by atoms with Crippen LogP contribution in [-0.4, -0.2) is 48.4 Å². The van der Waals surface area contributed by atoms with E-state index in [4.69, 9.17) is 14.2 Å². The summed E-state index contributed by atoms with van der Waals surface area (Å²) >= 11 is 0. The van der Waals surface area contributed by atoms with Crippen LogP contribution in [0.1, 0.15) is 176 Å². The van der Waals surface area contributed by atoms with Crippen LogP contribution in [0.4, 0.5) is 0 Å². The second-order valence-corrected chi connectivity index (χ2v) is 11.7. The predicted octanol–water partition coefficient (Wildman–Crippen LogP) is 5.89. The van der Waals surface area contributed by atoms with Gasteiger partial charge in [0, 0.05) is 0 Å². The number of ether oxygens (including phenoxy) is 3. The van der Waals surface area contributed by atoms with Crippen LogP contribution in [0.15, 0.2) is 0 Å². The van der Waals surface area contributed by atoms with E-state index in [1.165, 1.54) is 64.2 Å². The van der Waals surface area contributed by atoms with Crippen LogP contribution >= 0.6 is 0 Å². The molecule has 0 saturated heterocycles. The van der Waals surface area contributed by atoms with Gasteiger partial charge < -0.3 is 20.7 Å². The zero-order chi connectivity index (χ0) is 30.4. The normalized spacial score (nSPS) is 12.3. The Labute approximate surface area is 281 Å². The molecule has 0 aliphatic rings. The summed E-state index contributed by atoms with van der Waals surface area (Å²) in [6.07, 6.45) is 23.0. The molecule has 0 bridgehead atoms. The predicted molar refractivity (Wildman–Crippen MR) is 167 cm³/mol. The maximum Gasteiger partial charge on any atom is 1.00 e. The van der Waals surface area contributed by atoms with Crippen LogP contribution in [0.25, 0.3) is 0 Å². The number of hydrogen-bond acceptors (Lipinski definition) is 7. The molecule has 1 atom stereocenters. The molecule has 0 saturated carbocycles. The summed E-state index contributed by atoms with van der Waals surface area (Å²) < 4.78 is 15.9. The van der Waals surface area contributed by atoms with Gasteiger partial charge in [-0.2, -0.15) is 0 Å². The van der Waals surface area contributed by atoms with Gasteiger partial charge in [-0.05, 0) is 19.3 Å². The molecule has 8 heteroatoms. The summed E-state index contributed by atoms with van der Waals surface area (Å²) in [7, 11) is 0. The largest absolute Gasteiger partial charge is 1.00 e. The molecule has 0 aromatic rings. The molecule has 0 aromatic carbocycles. The third-order valence-corrected chi connectivity index (χ3v) is 7.51. The van der Waals surface area contributed by atoms with Crippen molar-refractivity contribution in [3.63, 3.8) is 0 Å². The van der Waals surface area contributed by atoms with Crippen molar-refractivity contribution in [2.24, 2.45) is 0 Å². The Morgan fingerprint density at radius 2 is 0.738 bits per heavy atom. The van der Waals surface area contributed by atoms with Crippen LogP contribution < -0.4 is 29.6 Å². The molecule has 0 radical (unpaired) electrons. The molecule has 0 aliphatic carbocycles. The standard InChI is InChI=1S/C34H64O7.Na.H/c1-4-7-10-13-16-17-18-19-22-24-27-40-32(36)30-34(38,33(37)41-28-25-21-15-12-9-6-3)29-31(35)39-26-23-20-14-11-8-5-2;;/h38H,4-30H2,1-3H3;;/q;+1;-1. The Kier molecular flexibility index (Phi) is 32.9. The van der Waals surface area contributed by atoms with Crippen molar-refractivity contribution in [1.29, 1.82) is 0 Å². The van der Waals surface area contributed by atoms with Gasteiger partial charge in [-0.25, -0.2) is 4.79 Å². The molecular weight excluding hydrogens is 543 g/mol. The zero-order valence-electron chi connectivity index (χ0n) is 29.0. The number of hydrogen-bond donors (Lipinski definition) is 1. The molecule has 0 aliphatic heterocycles. The summed E-state index contributed by atoms with van der Waals surface area (Å²) in [5.74, 6) is -2.37. The first kappa shape index (κ1) is 43.5. The van der Waals surface area contributed by atoms with E-state index < -0.39 is 36.4 Å². The first-order valence-corrected chi connectivity index (χ1v) is 17.1. The van der Waals surface area contributed by atoms with E-state index in [0.717, 1.165) is 70.6 Å². The van der Waals surface area contributed by atoms with Crippen LogP contribution in [-0.2, 0) is 28.6 Å². The minimum absolute atomic E-state index is 0. The van der Waals surface area contributed by atoms with E-state index in [1.807, 2.05) is 0 Å². The monoisotopic (exact) mass is 608 g/mol. The number of rotatable bonds is 30. The summed E-state index contributed by atoms with van der Waals surface area (Å²) in [6, 6.07) is 0. The summed E-state index contributed by atoms with van der Waals surface area (Å²) in [5.41, 5.74) is -2.28. The quantitative estimate of drug-likeness (QED) is 0.0470. The SMILES string of the molecule is CCCCCCCCCCCCOC(=O)CC(O)(CC(=O)OCCCCCCCC)C(=O)OCCCCCCCC.[H-].[Na+]. The molecule has 7 nitrogen and oxygen atoms in total. The molecule has 244 valence electrons. The van der Waals surface area contributed by atoms with Crippen molar-refractivity contribution in [2.45, 2.75) is 180 Å². The second kappa shape index (κ2) is 31.8. The smallest absolute Gasteiger partial charge is 1.00 e. The van der Waals surface area contributed by atoms with Gasteiger partial charge in [0.15, 0.2) is 5.60 Å². The van der Waals surface area contributed by atoms with E-state index in [9.17, 15) is 19.5 Å². The van der Waals surface area contributed by atoms with Gasteiger partial charge in [0.25, 0.3) is 0 Å². The van der Waals surface area contributed by atoms with Gasteiger partial charge in [-0.1, -0.05) is 143 Å². The summed E-state index contributed by atoms with van der Waals surface area (Å²) in [5, 5.41) is 11.1. The van der Waals surface area contributed by atoms with Crippen LogP contribution in [0.5, 0.6) is 0 Å². The minimum atomic E-state index is -2.28. The van der Waals surface area contributed by atoms with Crippen LogP contribution in [0.3, 0.4) is 0 Å². The number of carbonyl (C=O) groups excluding carboxylic acids is 3. The maximum atomic E-state index is 12.8. The average molecular weight is 609 g/mol. The van der Waals surface area contributed by atoms with Crippen molar-refractivity contribution in [1.82, 2.24) is 0 Å². The molecule has 1 unspecified atom stereocenters. The first-order chi connectivity index (χ1) is 19.9. The summed E-state index contributed by atoms with van der Waals surface area (Å²) in [6.45, 7) is 7.16. The average Bonchev–Trinajstić information content (AvgIpc) is 2.94. The van der Waals surface area contributed by atoms with Crippen LogP contribution in [0, 0.1) is 0 Å². The van der Waals surface area contributed by atoms with Gasteiger partial charge in [0.1, 0.15) is 0 Å². The molecule has 0 spiro atoms. The van der Waals surface area contributed by atoms with Gasteiger partial charge in [-0.15, -0.1) is 0 Å². The Balaban J connectivity index is -0.00000800. The van der Waals surface area contributed by atoms with E-state index in [1.54, 1.807) is 0 Å². The third kappa shape index (κ3) is 27.0. The fourth-order valence-electron chi connectivity index (χ4n) is 4.81. The van der Waals surface area contributed by atoms with Crippen molar-refractivity contribution >= 4 is 17.9 Å². The zero-order valence-corrected chi connectivity index (χ0v) is 30.0. The minimum Gasteiger partial charge on any atom is -1.00 e. The van der Waals surface area contributed by atoms with Gasteiger partial charge in [0.05, 0.1) is 32.7 Å². The van der Waals surface area contributed by atoms with Crippen molar-refractivity contribution in [3.05, 3.63) is 0 Å². The fraction of sp³-hybridized carbons (Fsp3) is 0.912. The molecule has 0 aromatic heterocycles. The topological polar surface area (TPSA) is 99.1 Å². The Hall–Kier alpha value is -0.630. The van der Waals surface area contributed by atoms with E-state index in [-0.39, 0.29) is 50.8 Å². The van der Waals surface area contributed by atoms with Gasteiger partial charge >= 0.3 is 47.5 Å². The summed E-state index contributed by atoms with van der Waals surface area (Å²) in [4.78, 5) is 37.8. The molecule has 0 amide bonds. The first-order valence-electron chi connectivity index (χ1n) is 17.1. The molecule has 42 heavy (non-hydrogen) atoms. The Morgan fingerprint density at radius 1 is 0.476 bits per heavy atom. The number of aliphatic hydroxyl groups is 1. The molecule has 1 N–H and O–H groups in total. The van der Waals surface area contributed by atoms with Crippen molar-refractivity contribution < 1.29 is 64.7 Å². The van der Waals surface area contributed by atoms with E-state index >= 15 is 0 Å². The van der Waals surface area contributed by atoms with Gasteiger partial charge in [-0.3, -0.25) is 9.59 Å². The number of unbranched alkanes of at least 4 members (excludes halogenated alkanes) is 19. The van der Waals surface area contributed by atoms with Crippen LogP contribution in [0.2, 0.25) is 0 Å². The molecule has 0 heterocycles. The van der Waals surface area contributed by atoms with Crippen molar-refractivity contribution in [2.75, 3.05) is 19.8 Å². The Bertz CT molecular complexity index is 650.